The topological polar surface area (TPSA) is 67.5 Å². The van der Waals surface area contributed by atoms with Crippen molar-refractivity contribution >= 4 is 23.2 Å². The van der Waals surface area contributed by atoms with Crippen LogP contribution in [0.1, 0.15) is 31.1 Å². The zero-order valence-electron chi connectivity index (χ0n) is 12.8. The molecule has 0 bridgehead atoms. The van der Waals surface area contributed by atoms with Gasteiger partial charge in [0.1, 0.15) is 5.75 Å². The Morgan fingerprint density at radius 2 is 1.91 bits per heavy atom. The fourth-order valence-electron chi connectivity index (χ4n) is 2.16. The Kier molecular flexibility index (Phi) is 5.93. The summed E-state index contributed by atoms with van der Waals surface area (Å²) in [5.74, 6) is 0.962. The first-order chi connectivity index (χ1) is 11.0. The summed E-state index contributed by atoms with van der Waals surface area (Å²) in [6, 6.07) is 4.94. The standard InChI is InChI=1S/C16H18Cl2N2O3/c1-10(2)20-16(14(4-3-5-21)15(9-22)19-20)23-13-7-11(17)6-12(18)8-13/h3,5-8,10,21-22H,4,9H2,1-2H3/b5-3-. The van der Waals surface area contributed by atoms with Crippen LogP contribution in [0.4, 0.5) is 0 Å². The lowest BCUT2D eigenvalue weighted by Crippen LogP contribution is -2.05. The monoisotopic (exact) mass is 356 g/mol. The van der Waals surface area contributed by atoms with E-state index in [1.54, 1.807) is 29.0 Å². The lowest BCUT2D eigenvalue weighted by molar-refractivity contribution is 0.273. The molecular formula is C16H18Cl2N2O3. The highest BCUT2D eigenvalue weighted by molar-refractivity contribution is 6.34. The number of hydrogen-bond acceptors (Lipinski definition) is 4. The molecule has 1 aromatic heterocycles. The van der Waals surface area contributed by atoms with Crippen LogP contribution in [0.25, 0.3) is 0 Å². The second kappa shape index (κ2) is 7.73. The molecule has 124 valence electrons. The van der Waals surface area contributed by atoms with Crippen molar-refractivity contribution in [3.63, 3.8) is 0 Å². The summed E-state index contributed by atoms with van der Waals surface area (Å²) >= 11 is 12.0. The first-order valence-electron chi connectivity index (χ1n) is 7.10. The lowest BCUT2D eigenvalue weighted by Gasteiger charge is -2.13. The molecule has 1 heterocycles. The number of hydrogen-bond donors (Lipinski definition) is 2. The molecule has 7 heteroatoms. The van der Waals surface area contributed by atoms with Gasteiger partial charge in [0, 0.05) is 22.0 Å². The van der Waals surface area contributed by atoms with Gasteiger partial charge >= 0.3 is 0 Å². The summed E-state index contributed by atoms with van der Waals surface area (Å²) < 4.78 is 7.63. The average Bonchev–Trinajstić information content (AvgIpc) is 2.82. The quantitative estimate of drug-likeness (QED) is 0.738. The minimum Gasteiger partial charge on any atom is -0.516 e. The second-order valence-corrected chi connectivity index (χ2v) is 6.10. The summed E-state index contributed by atoms with van der Waals surface area (Å²) in [4.78, 5) is 0. The van der Waals surface area contributed by atoms with Crippen molar-refractivity contribution in [2.24, 2.45) is 0 Å². The summed E-state index contributed by atoms with van der Waals surface area (Å²) in [6.07, 6.45) is 2.88. The maximum Gasteiger partial charge on any atom is 0.221 e. The predicted molar refractivity (Wildman–Crippen MR) is 90.5 cm³/mol. The third kappa shape index (κ3) is 4.19. The van der Waals surface area contributed by atoms with Crippen LogP contribution in [-0.2, 0) is 13.0 Å². The van der Waals surface area contributed by atoms with E-state index in [1.165, 1.54) is 0 Å². The van der Waals surface area contributed by atoms with Crippen LogP contribution in [0.3, 0.4) is 0 Å². The van der Waals surface area contributed by atoms with Gasteiger partial charge in [-0.15, -0.1) is 0 Å². The number of rotatable bonds is 6. The number of halogens is 2. The normalized spacial score (nSPS) is 11.6. The molecule has 2 aromatic rings. The molecule has 0 saturated heterocycles. The Labute approximate surface area is 144 Å². The van der Waals surface area contributed by atoms with Crippen LogP contribution in [0.5, 0.6) is 11.6 Å². The number of benzene rings is 1. The average molecular weight is 357 g/mol. The van der Waals surface area contributed by atoms with E-state index in [4.69, 9.17) is 33.0 Å². The van der Waals surface area contributed by atoms with Crippen LogP contribution in [0.2, 0.25) is 10.0 Å². The van der Waals surface area contributed by atoms with Gasteiger partial charge in [0.2, 0.25) is 5.88 Å². The molecule has 0 unspecified atom stereocenters. The van der Waals surface area contributed by atoms with E-state index in [0.29, 0.717) is 39.4 Å². The van der Waals surface area contributed by atoms with Gasteiger partial charge < -0.3 is 14.9 Å². The SMILES string of the molecule is CC(C)n1nc(CO)c(C/C=C\O)c1Oc1cc(Cl)cc(Cl)c1. The van der Waals surface area contributed by atoms with Crippen molar-refractivity contribution in [3.05, 3.63) is 51.8 Å². The van der Waals surface area contributed by atoms with Gasteiger partial charge in [-0.3, -0.25) is 0 Å². The Bertz CT molecular complexity index is 691. The van der Waals surface area contributed by atoms with E-state index < -0.39 is 0 Å². The smallest absolute Gasteiger partial charge is 0.221 e. The molecule has 0 amide bonds. The van der Waals surface area contributed by atoms with Gasteiger partial charge in [0.05, 0.1) is 24.6 Å². The Morgan fingerprint density at radius 1 is 1.26 bits per heavy atom. The molecular weight excluding hydrogens is 339 g/mol. The van der Waals surface area contributed by atoms with Crippen LogP contribution in [-0.4, -0.2) is 20.0 Å². The third-order valence-electron chi connectivity index (χ3n) is 3.16. The fraction of sp³-hybridized carbons (Fsp3) is 0.312. The summed E-state index contributed by atoms with van der Waals surface area (Å²) in [7, 11) is 0. The number of ether oxygens (including phenoxy) is 1. The molecule has 0 saturated carbocycles. The Balaban J connectivity index is 2.50. The zero-order valence-corrected chi connectivity index (χ0v) is 14.3. The molecule has 0 spiro atoms. The Morgan fingerprint density at radius 3 is 2.43 bits per heavy atom. The fourth-order valence-corrected chi connectivity index (χ4v) is 2.66. The van der Waals surface area contributed by atoms with Crippen molar-refractivity contribution in [3.8, 4) is 11.6 Å². The van der Waals surface area contributed by atoms with E-state index in [2.05, 4.69) is 5.10 Å². The van der Waals surface area contributed by atoms with Crippen LogP contribution >= 0.6 is 23.2 Å². The maximum atomic E-state index is 9.53. The van der Waals surface area contributed by atoms with Gasteiger partial charge in [-0.05, 0) is 38.1 Å². The van der Waals surface area contributed by atoms with Gasteiger partial charge in [-0.25, -0.2) is 4.68 Å². The highest BCUT2D eigenvalue weighted by Crippen LogP contribution is 2.33. The van der Waals surface area contributed by atoms with Crippen molar-refractivity contribution in [2.45, 2.75) is 32.9 Å². The van der Waals surface area contributed by atoms with Crippen molar-refractivity contribution in [1.82, 2.24) is 9.78 Å². The molecule has 0 fully saturated rings. The summed E-state index contributed by atoms with van der Waals surface area (Å²) in [5.41, 5.74) is 1.20. The minimum absolute atomic E-state index is 0.0248. The van der Waals surface area contributed by atoms with Crippen molar-refractivity contribution in [1.29, 1.82) is 0 Å². The van der Waals surface area contributed by atoms with Crippen molar-refractivity contribution < 1.29 is 14.9 Å². The second-order valence-electron chi connectivity index (χ2n) is 5.22. The highest BCUT2D eigenvalue weighted by atomic mass is 35.5. The molecule has 5 nitrogen and oxygen atoms in total. The van der Waals surface area contributed by atoms with Gasteiger partial charge in [-0.2, -0.15) is 5.10 Å². The maximum absolute atomic E-state index is 9.53. The number of allylic oxidation sites excluding steroid dienone is 1. The molecule has 0 atom stereocenters. The minimum atomic E-state index is -0.221. The molecule has 23 heavy (non-hydrogen) atoms. The molecule has 0 aliphatic carbocycles. The van der Waals surface area contributed by atoms with Gasteiger partial charge in [0.25, 0.3) is 0 Å². The first kappa shape index (κ1) is 17.7. The Hall–Kier alpha value is -1.69. The number of nitrogens with zero attached hydrogens (tertiary/aromatic N) is 2. The van der Waals surface area contributed by atoms with Gasteiger partial charge in [-0.1, -0.05) is 23.2 Å². The molecule has 2 N–H and O–H groups in total. The number of aromatic nitrogens is 2. The molecule has 2 rings (SSSR count). The lowest BCUT2D eigenvalue weighted by atomic mass is 10.1. The van der Waals surface area contributed by atoms with E-state index in [-0.39, 0.29) is 12.6 Å². The molecule has 0 radical (unpaired) electrons. The van der Waals surface area contributed by atoms with E-state index in [9.17, 15) is 5.11 Å². The number of aliphatic hydroxyl groups is 2. The number of aliphatic hydroxyl groups excluding tert-OH is 2. The summed E-state index contributed by atoms with van der Waals surface area (Å²) in [6.45, 7) is 3.69. The molecule has 0 aliphatic rings. The van der Waals surface area contributed by atoms with E-state index in [0.717, 1.165) is 6.26 Å². The predicted octanol–water partition coefficient (Wildman–Crippen LogP) is 4.67. The highest BCUT2D eigenvalue weighted by Gasteiger charge is 2.20. The van der Waals surface area contributed by atoms with Crippen LogP contribution in [0.15, 0.2) is 30.5 Å². The van der Waals surface area contributed by atoms with E-state index >= 15 is 0 Å². The molecule has 1 aromatic carbocycles. The van der Waals surface area contributed by atoms with Crippen molar-refractivity contribution in [2.75, 3.05) is 0 Å². The van der Waals surface area contributed by atoms with Crippen LogP contribution < -0.4 is 4.74 Å². The zero-order chi connectivity index (χ0) is 17.0. The van der Waals surface area contributed by atoms with Gasteiger partial charge in [0.15, 0.2) is 0 Å². The van der Waals surface area contributed by atoms with Crippen LogP contribution in [0, 0.1) is 0 Å². The third-order valence-corrected chi connectivity index (χ3v) is 3.60. The van der Waals surface area contributed by atoms with E-state index in [1.807, 2.05) is 13.8 Å². The first-order valence-corrected chi connectivity index (χ1v) is 7.86. The summed E-state index contributed by atoms with van der Waals surface area (Å²) in [5, 5.41) is 23.7. The largest absolute Gasteiger partial charge is 0.516 e. The molecule has 0 aliphatic heterocycles.